The Labute approximate surface area is 166 Å². The van der Waals surface area contributed by atoms with Gasteiger partial charge in [-0.3, -0.25) is 4.79 Å². The number of hydrogen-bond donors (Lipinski definition) is 1. The normalized spacial score (nSPS) is 10.6. The number of hydrogen-bond acceptors (Lipinski definition) is 5. The number of thioether (sulfide) groups is 1. The zero-order valence-electron chi connectivity index (χ0n) is 15.0. The Kier molecular flexibility index (Phi) is 6.36. The van der Waals surface area contributed by atoms with Crippen molar-refractivity contribution in [3.8, 4) is 17.1 Å². The number of halogens is 1. The minimum Gasteiger partial charge on any atom is -0.497 e. The lowest BCUT2D eigenvalue weighted by atomic mass is 10.2. The highest BCUT2D eigenvalue weighted by Gasteiger charge is 2.14. The number of amides is 1. The van der Waals surface area contributed by atoms with E-state index in [4.69, 9.17) is 16.3 Å². The second kappa shape index (κ2) is 8.92. The van der Waals surface area contributed by atoms with Gasteiger partial charge in [0, 0.05) is 19.2 Å². The first-order chi connectivity index (χ1) is 13.1. The van der Waals surface area contributed by atoms with Crippen LogP contribution in [0.3, 0.4) is 0 Å². The number of methoxy groups -OCH3 is 1. The van der Waals surface area contributed by atoms with Crippen LogP contribution >= 0.6 is 23.4 Å². The molecule has 0 aliphatic rings. The lowest BCUT2D eigenvalue weighted by molar-refractivity contribution is -0.118. The molecule has 1 amide bonds. The number of rotatable bonds is 7. The molecule has 2 aromatic carbocycles. The Morgan fingerprint density at radius 2 is 1.93 bits per heavy atom. The summed E-state index contributed by atoms with van der Waals surface area (Å²) in [7, 11) is 3.48. The van der Waals surface area contributed by atoms with E-state index in [-0.39, 0.29) is 11.7 Å². The number of nitrogens with one attached hydrogen (secondary N) is 1. The lowest BCUT2D eigenvalue weighted by Crippen LogP contribution is -2.24. The summed E-state index contributed by atoms with van der Waals surface area (Å²) in [4.78, 5) is 12.1. The average Bonchev–Trinajstić information content (AvgIpc) is 3.06. The number of benzene rings is 2. The van der Waals surface area contributed by atoms with Crippen molar-refractivity contribution in [1.82, 2.24) is 20.1 Å². The Balaban J connectivity index is 1.55. The molecule has 6 nitrogen and oxygen atoms in total. The van der Waals surface area contributed by atoms with Crippen molar-refractivity contribution in [2.24, 2.45) is 7.05 Å². The van der Waals surface area contributed by atoms with Crippen LogP contribution in [0.2, 0.25) is 5.02 Å². The summed E-state index contributed by atoms with van der Waals surface area (Å²) in [6.07, 6.45) is 0. The average molecular weight is 403 g/mol. The highest BCUT2D eigenvalue weighted by molar-refractivity contribution is 7.99. The van der Waals surface area contributed by atoms with Crippen molar-refractivity contribution in [3.63, 3.8) is 0 Å². The molecule has 0 saturated carbocycles. The maximum Gasteiger partial charge on any atom is 0.230 e. The smallest absolute Gasteiger partial charge is 0.230 e. The summed E-state index contributed by atoms with van der Waals surface area (Å²) in [5, 5.41) is 12.5. The van der Waals surface area contributed by atoms with Crippen LogP contribution in [0.5, 0.6) is 5.75 Å². The highest BCUT2D eigenvalue weighted by Crippen LogP contribution is 2.28. The topological polar surface area (TPSA) is 69.0 Å². The van der Waals surface area contributed by atoms with E-state index >= 15 is 0 Å². The van der Waals surface area contributed by atoms with Crippen LogP contribution in [-0.2, 0) is 18.4 Å². The van der Waals surface area contributed by atoms with Crippen molar-refractivity contribution in [3.05, 3.63) is 59.1 Å². The molecule has 1 N–H and O–H groups in total. The fourth-order valence-electron chi connectivity index (χ4n) is 2.44. The van der Waals surface area contributed by atoms with Crippen LogP contribution in [0.1, 0.15) is 5.56 Å². The summed E-state index contributed by atoms with van der Waals surface area (Å²) in [6.45, 7) is 0.465. The van der Waals surface area contributed by atoms with Gasteiger partial charge in [0.1, 0.15) is 5.75 Å². The van der Waals surface area contributed by atoms with Crippen molar-refractivity contribution in [2.45, 2.75) is 11.7 Å². The number of carbonyl (C=O) groups is 1. The van der Waals surface area contributed by atoms with Gasteiger partial charge in [-0.25, -0.2) is 0 Å². The standard InChI is InChI=1S/C19H19ClN4O2S/c1-24-18(15-5-3-4-6-16(15)20)22-23-19(24)27-12-17(25)21-11-13-7-9-14(26-2)10-8-13/h3-10H,11-12H2,1-2H3,(H,21,25). The minimum absolute atomic E-state index is 0.0712. The van der Waals surface area contributed by atoms with E-state index in [1.54, 1.807) is 7.11 Å². The van der Waals surface area contributed by atoms with Crippen LogP contribution in [0, 0.1) is 0 Å². The van der Waals surface area contributed by atoms with Crippen LogP contribution in [0.4, 0.5) is 0 Å². The van der Waals surface area contributed by atoms with Gasteiger partial charge in [0.25, 0.3) is 0 Å². The Hall–Kier alpha value is -2.51. The van der Waals surface area contributed by atoms with Gasteiger partial charge in [0.05, 0.1) is 17.9 Å². The number of aromatic nitrogens is 3. The summed E-state index contributed by atoms with van der Waals surface area (Å²) >= 11 is 7.56. The predicted octanol–water partition coefficient (Wildman–Crippen LogP) is 3.55. The SMILES string of the molecule is COc1ccc(CNC(=O)CSc2nnc(-c3ccccc3Cl)n2C)cc1. The predicted molar refractivity (Wildman–Crippen MR) is 107 cm³/mol. The van der Waals surface area contributed by atoms with Crippen molar-refractivity contribution in [2.75, 3.05) is 12.9 Å². The molecule has 140 valence electrons. The van der Waals surface area contributed by atoms with E-state index in [2.05, 4.69) is 15.5 Å². The van der Waals surface area contributed by atoms with Gasteiger partial charge in [-0.1, -0.05) is 47.6 Å². The van der Waals surface area contributed by atoms with Gasteiger partial charge in [-0.15, -0.1) is 10.2 Å². The summed E-state index contributed by atoms with van der Waals surface area (Å²) < 4.78 is 6.96. The first kappa shape index (κ1) is 19.3. The molecule has 0 fully saturated rings. The van der Waals surface area contributed by atoms with E-state index in [0.29, 0.717) is 22.5 Å². The van der Waals surface area contributed by atoms with E-state index < -0.39 is 0 Å². The molecule has 0 radical (unpaired) electrons. The number of carbonyl (C=O) groups excluding carboxylic acids is 1. The van der Waals surface area contributed by atoms with Gasteiger partial charge in [0.15, 0.2) is 11.0 Å². The van der Waals surface area contributed by atoms with Crippen LogP contribution in [-0.4, -0.2) is 33.5 Å². The van der Waals surface area contributed by atoms with Gasteiger partial charge in [-0.2, -0.15) is 0 Å². The van der Waals surface area contributed by atoms with Crippen molar-refractivity contribution < 1.29 is 9.53 Å². The quantitative estimate of drug-likeness (QED) is 0.612. The molecule has 1 aromatic heterocycles. The van der Waals surface area contributed by atoms with Crippen LogP contribution in [0.15, 0.2) is 53.7 Å². The second-order valence-corrected chi connectivity index (χ2v) is 7.11. The molecule has 0 saturated heterocycles. The Morgan fingerprint density at radius 1 is 1.19 bits per heavy atom. The van der Waals surface area contributed by atoms with Crippen molar-refractivity contribution in [1.29, 1.82) is 0 Å². The molecule has 0 bridgehead atoms. The number of nitrogens with zero attached hydrogens (tertiary/aromatic N) is 3. The molecule has 0 aliphatic carbocycles. The van der Waals surface area contributed by atoms with E-state index in [1.807, 2.05) is 60.1 Å². The van der Waals surface area contributed by atoms with E-state index in [0.717, 1.165) is 16.9 Å². The second-order valence-electron chi connectivity index (χ2n) is 5.76. The molecular formula is C19H19ClN4O2S. The molecule has 3 aromatic rings. The molecule has 0 spiro atoms. The summed E-state index contributed by atoms with van der Waals surface area (Å²) in [6, 6.07) is 15.0. The maximum atomic E-state index is 12.1. The molecule has 0 unspecified atom stereocenters. The van der Waals surface area contributed by atoms with E-state index in [1.165, 1.54) is 11.8 Å². The van der Waals surface area contributed by atoms with E-state index in [9.17, 15) is 4.79 Å². The zero-order valence-corrected chi connectivity index (χ0v) is 16.5. The third-order valence-corrected chi connectivity index (χ3v) is 5.28. The molecule has 1 heterocycles. The minimum atomic E-state index is -0.0712. The summed E-state index contributed by atoms with van der Waals surface area (Å²) in [5.41, 5.74) is 1.82. The molecular weight excluding hydrogens is 384 g/mol. The monoisotopic (exact) mass is 402 g/mol. The zero-order chi connectivity index (χ0) is 19.2. The fraction of sp³-hybridized carbons (Fsp3) is 0.211. The van der Waals surface area contributed by atoms with Crippen LogP contribution < -0.4 is 10.1 Å². The first-order valence-corrected chi connectivity index (χ1v) is 9.61. The van der Waals surface area contributed by atoms with Gasteiger partial charge in [0.2, 0.25) is 5.91 Å². The number of ether oxygens (including phenoxy) is 1. The molecule has 27 heavy (non-hydrogen) atoms. The third kappa shape index (κ3) is 4.81. The molecule has 3 rings (SSSR count). The highest BCUT2D eigenvalue weighted by atomic mass is 35.5. The molecule has 0 aliphatic heterocycles. The van der Waals surface area contributed by atoms with Crippen molar-refractivity contribution >= 4 is 29.3 Å². The largest absolute Gasteiger partial charge is 0.497 e. The Bertz CT molecular complexity index is 928. The van der Waals surface area contributed by atoms with Gasteiger partial charge >= 0.3 is 0 Å². The van der Waals surface area contributed by atoms with Gasteiger partial charge < -0.3 is 14.6 Å². The Morgan fingerprint density at radius 3 is 2.63 bits per heavy atom. The maximum absolute atomic E-state index is 12.1. The third-order valence-electron chi connectivity index (χ3n) is 3.93. The molecule has 0 atom stereocenters. The fourth-order valence-corrected chi connectivity index (χ4v) is 3.40. The lowest BCUT2D eigenvalue weighted by Gasteiger charge is -2.07. The van der Waals surface area contributed by atoms with Crippen LogP contribution in [0.25, 0.3) is 11.4 Å². The molecule has 8 heteroatoms. The van der Waals surface area contributed by atoms with Gasteiger partial charge in [-0.05, 0) is 29.8 Å². The summed E-state index contributed by atoms with van der Waals surface area (Å²) in [5.74, 6) is 1.64. The first-order valence-electron chi connectivity index (χ1n) is 8.25.